The number of hydrogen-bond acceptors (Lipinski definition) is 1. The molecule has 2 N–H and O–H groups in total. The van der Waals surface area contributed by atoms with Crippen LogP contribution < -0.4 is 0 Å². The molecule has 13 heavy (non-hydrogen) atoms. The van der Waals surface area contributed by atoms with Crippen LogP contribution in [-0.4, -0.2) is 10.1 Å². The summed E-state index contributed by atoms with van der Waals surface area (Å²) in [6, 6.07) is 9.41. The molecule has 2 aromatic rings. The van der Waals surface area contributed by atoms with Crippen molar-refractivity contribution in [1.82, 2.24) is 4.98 Å². The van der Waals surface area contributed by atoms with Crippen molar-refractivity contribution in [2.45, 2.75) is 6.42 Å². The molecule has 0 spiro atoms. The Hall–Kier alpha value is -1.70. The smallest absolute Gasteiger partial charge is 0.136 e. The molecule has 0 bridgehead atoms. The van der Waals surface area contributed by atoms with Gasteiger partial charge in [0.2, 0.25) is 0 Å². The second-order valence-electron chi connectivity index (χ2n) is 2.93. The molecule has 66 valence electrons. The molecule has 0 saturated carbocycles. The number of hydrogen-bond donors (Lipinski definition) is 2. The molecule has 0 amide bonds. The van der Waals surface area contributed by atoms with Crippen molar-refractivity contribution in [1.29, 1.82) is 0 Å². The fourth-order valence-corrected chi connectivity index (χ4v) is 1.28. The third-order valence-electron chi connectivity index (χ3n) is 1.98. The molecular formula is C11H11NO. The zero-order valence-corrected chi connectivity index (χ0v) is 7.12. The molecule has 0 saturated heterocycles. The molecule has 1 heterocycles. The molecule has 1 aromatic heterocycles. The first-order chi connectivity index (χ1) is 6.75. The van der Waals surface area contributed by atoms with Crippen molar-refractivity contribution in [3.8, 4) is 5.75 Å². The van der Waals surface area contributed by atoms with E-state index < -0.39 is 0 Å². The Labute approximate surface area is 78.3 Å². The molecule has 0 atom stereocenters. The highest BCUT2D eigenvalue weighted by atomic mass is 16.3. The number of aromatic amines is 1. The van der Waals surface area contributed by atoms with Crippen LogP contribution in [0.3, 0.4) is 0 Å². The Kier molecular flexibility index (Phi) is 1.75. The number of H-pyrrole nitrogens is 1. The first kappa shape index (κ1) is 6.78. The minimum Gasteiger partial charge on any atom is -0.506 e. The monoisotopic (exact) mass is 174 g/mol. The van der Waals surface area contributed by atoms with Gasteiger partial charge < -0.3 is 10.1 Å². The number of benzene rings is 1. The molecule has 0 aliphatic rings. The summed E-state index contributed by atoms with van der Waals surface area (Å²) in [5, 5.41) is 9.40. The lowest BCUT2D eigenvalue weighted by Gasteiger charge is -1.99. The summed E-state index contributed by atoms with van der Waals surface area (Å²) in [7, 11) is 0. The van der Waals surface area contributed by atoms with Crippen LogP contribution in [0.4, 0.5) is 0 Å². The first-order valence-corrected chi connectivity index (χ1v) is 4.16. The maximum absolute atomic E-state index is 9.40. The van der Waals surface area contributed by atoms with Gasteiger partial charge in [-0.25, -0.2) is 0 Å². The number of aromatic nitrogens is 1. The van der Waals surface area contributed by atoms with Gasteiger partial charge >= 0.3 is 0 Å². The van der Waals surface area contributed by atoms with E-state index >= 15 is 0 Å². The molecule has 0 unspecified atom stereocenters. The number of aromatic hydroxyl groups is 1. The van der Waals surface area contributed by atoms with Crippen LogP contribution in [0.5, 0.6) is 5.75 Å². The van der Waals surface area contributed by atoms with E-state index in [2.05, 4.69) is 4.98 Å². The molecule has 2 rings (SSSR count). The van der Waals surface area contributed by atoms with Gasteiger partial charge in [0, 0.05) is 12.6 Å². The highest BCUT2D eigenvalue weighted by Crippen LogP contribution is 2.17. The van der Waals surface area contributed by atoms with E-state index in [-0.39, 0.29) is 0 Å². The van der Waals surface area contributed by atoms with Crippen molar-refractivity contribution in [2.75, 3.05) is 0 Å². The van der Waals surface area contributed by atoms with Crippen LogP contribution in [0.15, 0.2) is 42.6 Å². The summed E-state index contributed by atoms with van der Waals surface area (Å²) in [5.74, 6) is 0.292. The minimum absolute atomic E-state index is 0.292. The Morgan fingerprint density at radius 2 is 2.08 bits per heavy atom. The SMILES string of the molecule is [2H]c1ccc(Cc2[nH]ccc2O)cc1. The van der Waals surface area contributed by atoms with E-state index in [4.69, 9.17) is 1.37 Å². The van der Waals surface area contributed by atoms with Gasteiger partial charge in [-0.05, 0) is 11.6 Å². The highest BCUT2D eigenvalue weighted by molar-refractivity contribution is 5.31. The maximum atomic E-state index is 9.40. The maximum Gasteiger partial charge on any atom is 0.136 e. The first-order valence-electron chi connectivity index (χ1n) is 4.66. The van der Waals surface area contributed by atoms with Gasteiger partial charge in [-0.2, -0.15) is 0 Å². The predicted octanol–water partition coefficient (Wildman–Crippen LogP) is 2.31. The van der Waals surface area contributed by atoms with Gasteiger partial charge in [0.15, 0.2) is 0 Å². The van der Waals surface area contributed by atoms with E-state index in [0.29, 0.717) is 18.2 Å². The lowest BCUT2D eigenvalue weighted by Crippen LogP contribution is -1.87. The van der Waals surface area contributed by atoms with Crippen LogP contribution >= 0.6 is 0 Å². The van der Waals surface area contributed by atoms with Gasteiger partial charge in [0.05, 0.1) is 7.06 Å². The molecule has 0 aliphatic carbocycles. The molecule has 0 fully saturated rings. The van der Waals surface area contributed by atoms with Crippen LogP contribution in [0.25, 0.3) is 0 Å². The van der Waals surface area contributed by atoms with Crippen molar-refractivity contribution >= 4 is 0 Å². The topological polar surface area (TPSA) is 36.0 Å². The summed E-state index contributed by atoms with van der Waals surface area (Å²) in [4.78, 5) is 2.97. The Morgan fingerprint density at radius 3 is 2.69 bits per heavy atom. The second kappa shape index (κ2) is 3.35. The average molecular weight is 174 g/mol. The quantitative estimate of drug-likeness (QED) is 0.720. The summed E-state index contributed by atoms with van der Waals surface area (Å²) in [6.07, 6.45) is 2.38. The van der Waals surface area contributed by atoms with Crippen LogP contribution in [-0.2, 0) is 6.42 Å². The summed E-state index contributed by atoms with van der Waals surface area (Å²) in [6.45, 7) is 0. The summed E-state index contributed by atoms with van der Waals surface area (Å²) in [5.41, 5.74) is 1.89. The lowest BCUT2D eigenvalue weighted by atomic mass is 10.1. The van der Waals surface area contributed by atoms with Crippen molar-refractivity contribution in [3.63, 3.8) is 0 Å². The Morgan fingerprint density at radius 1 is 1.31 bits per heavy atom. The molecule has 2 heteroatoms. The minimum atomic E-state index is 0.292. The summed E-state index contributed by atoms with van der Waals surface area (Å²) >= 11 is 0. The van der Waals surface area contributed by atoms with E-state index in [1.165, 1.54) is 0 Å². The van der Waals surface area contributed by atoms with Crippen LogP contribution in [0, 0.1) is 0 Å². The lowest BCUT2D eigenvalue weighted by molar-refractivity contribution is 0.470. The van der Waals surface area contributed by atoms with E-state index in [9.17, 15) is 5.11 Å². The Bertz CT molecular complexity index is 419. The third kappa shape index (κ3) is 1.72. The average Bonchev–Trinajstić information content (AvgIpc) is 2.56. The van der Waals surface area contributed by atoms with E-state index in [0.717, 1.165) is 11.3 Å². The molecule has 0 aliphatic heterocycles. The fourth-order valence-electron chi connectivity index (χ4n) is 1.28. The zero-order chi connectivity index (χ0) is 9.97. The van der Waals surface area contributed by atoms with Gasteiger partial charge in [0.1, 0.15) is 5.75 Å². The molecule has 2 nitrogen and oxygen atoms in total. The summed E-state index contributed by atoms with van der Waals surface area (Å²) < 4.78 is 7.33. The van der Waals surface area contributed by atoms with Gasteiger partial charge in [-0.15, -0.1) is 0 Å². The number of rotatable bonds is 2. The van der Waals surface area contributed by atoms with E-state index in [1.807, 2.05) is 12.1 Å². The van der Waals surface area contributed by atoms with Gasteiger partial charge in [-0.3, -0.25) is 0 Å². The van der Waals surface area contributed by atoms with Crippen molar-refractivity contribution in [3.05, 3.63) is 53.8 Å². The zero-order valence-electron chi connectivity index (χ0n) is 8.12. The van der Waals surface area contributed by atoms with Crippen LogP contribution in [0.1, 0.15) is 12.6 Å². The molecule has 0 radical (unpaired) electrons. The predicted molar refractivity (Wildman–Crippen MR) is 51.7 cm³/mol. The second-order valence-corrected chi connectivity index (χ2v) is 2.93. The fraction of sp³-hybridized carbons (Fsp3) is 0.0909. The third-order valence-corrected chi connectivity index (χ3v) is 1.98. The van der Waals surface area contributed by atoms with Crippen molar-refractivity contribution < 1.29 is 6.48 Å². The van der Waals surface area contributed by atoms with Crippen LogP contribution in [0.2, 0.25) is 0 Å². The number of nitrogens with one attached hydrogen (secondary N) is 1. The van der Waals surface area contributed by atoms with E-state index in [1.54, 1.807) is 24.4 Å². The van der Waals surface area contributed by atoms with Gasteiger partial charge in [0.25, 0.3) is 0 Å². The largest absolute Gasteiger partial charge is 0.506 e. The molecular weight excluding hydrogens is 162 g/mol. The van der Waals surface area contributed by atoms with Crippen molar-refractivity contribution in [2.24, 2.45) is 0 Å². The van der Waals surface area contributed by atoms with Gasteiger partial charge in [-0.1, -0.05) is 30.3 Å². The standard InChI is InChI=1S/C11H11NO/c13-11-6-7-12-10(11)8-9-4-2-1-3-5-9/h1-7,12-13H,8H2/i1D. The normalized spacial score (nSPS) is 11.2. The Balaban J connectivity index is 2.19. The highest BCUT2D eigenvalue weighted by Gasteiger charge is 2.01. The molecule has 1 aromatic carbocycles.